The van der Waals surface area contributed by atoms with Crippen LogP contribution in [0.15, 0.2) is 71.6 Å². The Morgan fingerprint density at radius 3 is 2.43 bits per heavy atom. The third-order valence-electron chi connectivity index (χ3n) is 8.36. The van der Waals surface area contributed by atoms with Crippen molar-refractivity contribution < 1.29 is 29.3 Å². The SMILES string of the molecule is Nc1ccc2c3c1SC(C(=O)N[C@@H]1CN(C(=O)O)CC[C@H]1O)C3C(N)C(=O)C2(N)c1ccc(Oc2ccccc2)cc1. The standard InChI is InChI=1S/C30H31N5O6S/c31-19-11-10-18-22-23(26(42-25(19)22)28(38)34-20-14-35(29(39)40)13-12-21(20)36)24(32)27(37)30(18,33)15-6-8-17(9-7-15)41-16-4-2-1-3-5-16/h1-11,20-21,23-24,26,36H,12-14,31-33H2,(H,34,38)(H,39,40)/t20-,21-,23?,24?,26?,30?/m1/s1. The van der Waals surface area contributed by atoms with E-state index in [1.807, 2.05) is 30.3 Å². The van der Waals surface area contributed by atoms with Gasteiger partial charge in [0, 0.05) is 29.6 Å². The predicted octanol–water partition coefficient (Wildman–Crippen LogP) is 1.96. The first kappa shape index (κ1) is 28.0. The maximum absolute atomic E-state index is 14.0. The number of hydrogen-bond donors (Lipinski definition) is 6. The molecule has 3 aromatic rings. The number of aliphatic hydroxyl groups excluding tert-OH is 1. The Balaban J connectivity index is 1.31. The summed E-state index contributed by atoms with van der Waals surface area (Å²) < 4.78 is 5.89. The summed E-state index contributed by atoms with van der Waals surface area (Å²) in [6.45, 7) is 0.123. The van der Waals surface area contributed by atoms with Gasteiger partial charge in [0.15, 0.2) is 5.78 Å². The molecule has 0 spiro atoms. The fourth-order valence-corrected chi connectivity index (χ4v) is 7.60. The molecular formula is C30H31N5O6S. The number of nitrogens with two attached hydrogens (primary N) is 3. The molecule has 9 N–H and O–H groups in total. The molecule has 12 heteroatoms. The molecule has 2 heterocycles. The molecule has 2 amide bonds. The summed E-state index contributed by atoms with van der Waals surface area (Å²) in [6.07, 6.45) is -1.84. The van der Waals surface area contributed by atoms with E-state index in [1.165, 1.54) is 11.8 Å². The number of anilines is 1. The number of likely N-dealkylation sites (tertiary alicyclic amines) is 1. The fraction of sp³-hybridized carbons (Fsp3) is 0.300. The first-order valence-corrected chi connectivity index (χ1v) is 14.5. The van der Waals surface area contributed by atoms with Crippen LogP contribution in [-0.2, 0) is 15.1 Å². The van der Waals surface area contributed by atoms with Crippen molar-refractivity contribution in [2.45, 2.75) is 46.2 Å². The van der Waals surface area contributed by atoms with Gasteiger partial charge in [-0.2, -0.15) is 0 Å². The van der Waals surface area contributed by atoms with E-state index in [2.05, 4.69) is 5.32 Å². The van der Waals surface area contributed by atoms with Crippen LogP contribution < -0.4 is 27.3 Å². The molecule has 0 aromatic heterocycles. The Morgan fingerprint density at radius 2 is 1.74 bits per heavy atom. The number of carboxylic acid groups (broad SMARTS) is 1. The normalized spacial score (nSPS) is 28.2. The number of nitrogens with one attached hydrogen (secondary N) is 1. The van der Waals surface area contributed by atoms with E-state index in [-0.39, 0.29) is 19.5 Å². The lowest BCUT2D eigenvalue weighted by Gasteiger charge is -2.41. The lowest BCUT2D eigenvalue weighted by molar-refractivity contribution is -0.126. The third-order valence-corrected chi connectivity index (χ3v) is 9.81. The zero-order chi connectivity index (χ0) is 29.8. The van der Waals surface area contributed by atoms with Crippen LogP contribution in [0.3, 0.4) is 0 Å². The molecule has 3 aliphatic rings. The summed E-state index contributed by atoms with van der Waals surface area (Å²) in [5.41, 5.74) is 20.5. The van der Waals surface area contributed by atoms with Gasteiger partial charge in [-0.3, -0.25) is 9.59 Å². The van der Waals surface area contributed by atoms with Gasteiger partial charge in [0.2, 0.25) is 5.91 Å². The number of thioether (sulfide) groups is 1. The summed E-state index contributed by atoms with van der Waals surface area (Å²) in [4.78, 5) is 40.9. The van der Waals surface area contributed by atoms with Crippen molar-refractivity contribution in [3.63, 3.8) is 0 Å². The summed E-state index contributed by atoms with van der Waals surface area (Å²) in [5.74, 6) is -0.384. The van der Waals surface area contributed by atoms with Crippen LogP contribution in [0.25, 0.3) is 0 Å². The van der Waals surface area contributed by atoms with Crippen molar-refractivity contribution in [3.8, 4) is 11.5 Å². The monoisotopic (exact) mass is 589 g/mol. The van der Waals surface area contributed by atoms with E-state index in [4.69, 9.17) is 21.9 Å². The average Bonchev–Trinajstić information content (AvgIpc) is 3.39. The molecule has 2 aliphatic heterocycles. The molecular weight excluding hydrogens is 558 g/mol. The number of nitrogen functional groups attached to an aromatic ring is 1. The Kier molecular flexibility index (Phi) is 7.09. The van der Waals surface area contributed by atoms with Crippen LogP contribution in [0.1, 0.15) is 29.0 Å². The zero-order valence-electron chi connectivity index (χ0n) is 22.5. The topological polar surface area (TPSA) is 194 Å². The van der Waals surface area contributed by atoms with Gasteiger partial charge < -0.3 is 42.4 Å². The minimum atomic E-state index is -1.59. The van der Waals surface area contributed by atoms with E-state index >= 15 is 0 Å². The highest BCUT2D eigenvalue weighted by Crippen LogP contribution is 2.56. The Labute approximate surface area is 246 Å². The number of nitrogens with zero attached hydrogens (tertiary/aromatic N) is 1. The maximum atomic E-state index is 14.0. The number of piperidine rings is 1. The minimum Gasteiger partial charge on any atom is -0.465 e. The number of ether oxygens (including phenoxy) is 1. The number of hydrogen-bond acceptors (Lipinski definition) is 9. The van der Waals surface area contributed by atoms with Crippen LogP contribution >= 0.6 is 11.8 Å². The van der Waals surface area contributed by atoms with Gasteiger partial charge in [0.25, 0.3) is 0 Å². The Morgan fingerprint density at radius 1 is 1.05 bits per heavy atom. The fourth-order valence-electron chi connectivity index (χ4n) is 6.15. The van der Waals surface area contributed by atoms with E-state index in [1.54, 1.807) is 36.4 Å². The molecule has 218 valence electrons. The Bertz CT molecular complexity index is 1550. The van der Waals surface area contributed by atoms with Gasteiger partial charge in [-0.05, 0) is 53.4 Å². The van der Waals surface area contributed by atoms with Gasteiger partial charge >= 0.3 is 6.09 Å². The van der Waals surface area contributed by atoms with Gasteiger partial charge in [-0.1, -0.05) is 36.4 Å². The molecule has 0 radical (unpaired) electrons. The lowest BCUT2D eigenvalue weighted by atomic mass is 9.65. The van der Waals surface area contributed by atoms with E-state index < -0.39 is 52.7 Å². The highest BCUT2D eigenvalue weighted by molar-refractivity contribution is 8.01. The second-order valence-corrected chi connectivity index (χ2v) is 12.0. The quantitative estimate of drug-likeness (QED) is 0.240. The predicted molar refractivity (Wildman–Crippen MR) is 156 cm³/mol. The average molecular weight is 590 g/mol. The molecule has 1 saturated heterocycles. The summed E-state index contributed by atoms with van der Waals surface area (Å²) in [7, 11) is 0. The number of rotatable bonds is 5. The van der Waals surface area contributed by atoms with E-state index in [0.717, 1.165) is 4.90 Å². The van der Waals surface area contributed by atoms with E-state index in [0.29, 0.717) is 38.8 Å². The van der Waals surface area contributed by atoms with E-state index in [9.17, 15) is 24.6 Å². The molecule has 6 rings (SSSR count). The maximum Gasteiger partial charge on any atom is 0.407 e. The van der Waals surface area contributed by atoms with Crippen LogP contribution in [-0.4, -0.2) is 69.4 Å². The third kappa shape index (κ3) is 4.56. The van der Waals surface area contributed by atoms with Crippen molar-refractivity contribution in [1.82, 2.24) is 10.2 Å². The second-order valence-electron chi connectivity index (χ2n) is 10.8. The van der Waals surface area contributed by atoms with Crippen molar-refractivity contribution in [2.24, 2.45) is 11.5 Å². The highest BCUT2D eigenvalue weighted by Gasteiger charge is 2.56. The summed E-state index contributed by atoms with van der Waals surface area (Å²) in [6, 6.07) is 17.7. The number of para-hydroxylation sites is 1. The molecule has 42 heavy (non-hydrogen) atoms. The number of ketones is 1. The molecule has 1 fully saturated rings. The van der Waals surface area contributed by atoms with Crippen LogP contribution in [0, 0.1) is 0 Å². The summed E-state index contributed by atoms with van der Waals surface area (Å²) in [5, 5.41) is 21.8. The number of Topliss-reactive ketones (excluding diaryl/α,β-unsaturated/α-hetero) is 1. The lowest BCUT2D eigenvalue weighted by Crippen LogP contribution is -2.61. The molecule has 4 unspecified atom stereocenters. The first-order chi connectivity index (χ1) is 20.1. The molecule has 6 atom stereocenters. The van der Waals surface area contributed by atoms with Gasteiger partial charge in [-0.15, -0.1) is 11.8 Å². The number of carbonyl (C=O) groups excluding carboxylic acids is 2. The summed E-state index contributed by atoms with van der Waals surface area (Å²) >= 11 is 1.20. The second kappa shape index (κ2) is 10.6. The van der Waals surface area contributed by atoms with Gasteiger partial charge in [0.05, 0.1) is 23.4 Å². The Hall–Kier alpha value is -4.10. The van der Waals surface area contributed by atoms with Gasteiger partial charge in [0.1, 0.15) is 17.0 Å². The minimum absolute atomic E-state index is 0.0501. The highest BCUT2D eigenvalue weighted by atomic mass is 32.2. The molecule has 0 bridgehead atoms. The number of aliphatic hydroxyl groups is 1. The molecule has 11 nitrogen and oxygen atoms in total. The van der Waals surface area contributed by atoms with Crippen LogP contribution in [0.5, 0.6) is 11.5 Å². The molecule has 3 aromatic carbocycles. The van der Waals surface area contributed by atoms with Crippen LogP contribution in [0.4, 0.5) is 10.5 Å². The number of carbonyl (C=O) groups is 3. The van der Waals surface area contributed by atoms with Crippen molar-refractivity contribution in [2.75, 3.05) is 18.8 Å². The largest absolute Gasteiger partial charge is 0.465 e. The van der Waals surface area contributed by atoms with Crippen molar-refractivity contribution in [1.29, 1.82) is 0 Å². The molecule has 1 aliphatic carbocycles. The van der Waals surface area contributed by atoms with Gasteiger partial charge in [-0.25, -0.2) is 4.79 Å². The smallest absolute Gasteiger partial charge is 0.407 e. The number of amides is 2. The molecule has 0 saturated carbocycles. The number of benzene rings is 3. The first-order valence-electron chi connectivity index (χ1n) is 13.6. The van der Waals surface area contributed by atoms with Crippen LogP contribution in [0.2, 0.25) is 0 Å². The van der Waals surface area contributed by atoms with Crippen molar-refractivity contribution >= 4 is 35.2 Å². The zero-order valence-corrected chi connectivity index (χ0v) is 23.3. The van der Waals surface area contributed by atoms with Crippen molar-refractivity contribution in [3.05, 3.63) is 83.4 Å².